The molecule has 0 radical (unpaired) electrons. The second-order valence-corrected chi connectivity index (χ2v) is 3.80. The topological polar surface area (TPSA) is 12.9 Å². The van der Waals surface area contributed by atoms with Gasteiger partial charge in [-0.15, -0.1) is 11.8 Å². The number of benzene rings is 1. The van der Waals surface area contributed by atoms with E-state index in [1.54, 1.807) is 11.8 Å². The highest BCUT2D eigenvalue weighted by Crippen LogP contribution is 2.21. The van der Waals surface area contributed by atoms with Crippen LogP contribution in [0.5, 0.6) is 0 Å². The number of hydrogen-bond donors (Lipinski definition) is 0. The Morgan fingerprint density at radius 3 is 2.77 bits per heavy atom. The molecule has 0 N–H and O–H groups in total. The summed E-state index contributed by atoms with van der Waals surface area (Å²) in [4.78, 5) is 4.48. The lowest BCUT2D eigenvalue weighted by Gasteiger charge is -2.03. The molecule has 0 atom stereocenters. The third-order valence-corrected chi connectivity index (χ3v) is 2.74. The number of aryl methyl sites for hydroxylation is 1. The van der Waals surface area contributed by atoms with Crippen molar-refractivity contribution in [2.45, 2.75) is 11.9 Å². The van der Waals surface area contributed by atoms with Crippen LogP contribution in [0.3, 0.4) is 0 Å². The van der Waals surface area contributed by atoms with Crippen molar-refractivity contribution in [3.63, 3.8) is 0 Å². The smallest absolute Gasteiger partial charge is 0.0966 e. The maximum Gasteiger partial charge on any atom is 0.0966 e. The minimum absolute atomic E-state index is 1.09. The van der Waals surface area contributed by atoms with Gasteiger partial charge in [0.2, 0.25) is 0 Å². The zero-order valence-corrected chi connectivity index (χ0v) is 8.56. The van der Waals surface area contributed by atoms with Crippen LogP contribution < -0.4 is 0 Å². The lowest BCUT2D eigenvalue weighted by Crippen LogP contribution is -1.86. The molecule has 0 spiro atoms. The van der Waals surface area contributed by atoms with Crippen LogP contribution in [0.25, 0.3) is 10.8 Å². The molecule has 1 nitrogen and oxygen atoms in total. The molecule has 13 heavy (non-hydrogen) atoms. The standard InChI is InChI=1S/C11H11NS/c1-8-10-6-4-3-5-9(10)7-11(12-8)13-2/h3-7H,1-2H3. The van der Waals surface area contributed by atoms with Gasteiger partial charge in [-0.3, -0.25) is 0 Å². The molecule has 0 aliphatic heterocycles. The molecule has 1 aromatic carbocycles. The summed E-state index contributed by atoms with van der Waals surface area (Å²) >= 11 is 1.69. The van der Waals surface area contributed by atoms with Gasteiger partial charge in [0.1, 0.15) is 0 Å². The molecule has 0 amide bonds. The first-order chi connectivity index (χ1) is 6.31. The fourth-order valence-corrected chi connectivity index (χ4v) is 1.92. The predicted molar refractivity (Wildman–Crippen MR) is 58.3 cm³/mol. The molecule has 1 heterocycles. The molecular weight excluding hydrogens is 178 g/mol. The van der Waals surface area contributed by atoms with Crippen LogP contribution in [0.2, 0.25) is 0 Å². The monoisotopic (exact) mass is 189 g/mol. The highest BCUT2D eigenvalue weighted by atomic mass is 32.2. The molecule has 66 valence electrons. The van der Waals surface area contributed by atoms with E-state index in [1.807, 2.05) is 0 Å². The summed E-state index contributed by atoms with van der Waals surface area (Å²) in [5.74, 6) is 0. The first-order valence-electron chi connectivity index (χ1n) is 4.21. The maximum absolute atomic E-state index is 4.48. The summed E-state index contributed by atoms with van der Waals surface area (Å²) in [6.07, 6.45) is 2.05. The zero-order chi connectivity index (χ0) is 9.26. The number of thioether (sulfide) groups is 1. The first-order valence-corrected chi connectivity index (χ1v) is 5.44. The summed E-state index contributed by atoms with van der Waals surface area (Å²) in [6.45, 7) is 2.06. The fraction of sp³-hybridized carbons (Fsp3) is 0.182. The van der Waals surface area contributed by atoms with Gasteiger partial charge in [0, 0.05) is 11.1 Å². The quantitative estimate of drug-likeness (QED) is 0.639. The van der Waals surface area contributed by atoms with Crippen LogP contribution in [0, 0.1) is 6.92 Å². The average Bonchev–Trinajstić information content (AvgIpc) is 2.18. The number of aromatic nitrogens is 1. The van der Waals surface area contributed by atoms with E-state index in [0.29, 0.717) is 0 Å². The van der Waals surface area contributed by atoms with Gasteiger partial charge in [-0.25, -0.2) is 4.98 Å². The first kappa shape index (κ1) is 8.57. The van der Waals surface area contributed by atoms with Gasteiger partial charge in [0.05, 0.1) is 5.03 Å². The second-order valence-electron chi connectivity index (χ2n) is 2.97. The molecule has 2 rings (SSSR count). The van der Waals surface area contributed by atoms with Gasteiger partial charge >= 0.3 is 0 Å². The van der Waals surface area contributed by atoms with Crippen molar-refractivity contribution in [2.75, 3.05) is 6.26 Å². The Bertz CT molecular complexity index is 437. The van der Waals surface area contributed by atoms with E-state index < -0.39 is 0 Å². The van der Waals surface area contributed by atoms with Gasteiger partial charge in [0.15, 0.2) is 0 Å². The molecule has 0 saturated heterocycles. The van der Waals surface area contributed by atoms with E-state index in [9.17, 15) is 0 Å². The molecular formula is C11H11NS. The van der Waals surface area contributed by atoms with Gasteiger partial charge in [-0.05, 0) is 24.6 Å². The Morgan fingerprint density at radius 2 is 2.00 bits per heavy atom. The van der Waals surface area contributed by atoms with Crippen LogP contribution in [0.4, 0.5) is 0 Å². The molecule has 0 saturated carbocycles. The van der Waals surface area contributed by atoms with Crippen LogP contribution in [-0.4, -0.2) is 11.2 Å². The second kappa shape index (κ2) is 3.38. The van der Waals surface area contributed by atoms with Crippen molar-refractivity contribution < 1.29 is 0 Å². The van der Waals surface area contributed by atoms with Crippen molar-refractivity contribution >= 4 is 22.5 Å². The third-order valence-electron chi connectivity index (χ3n) is 2.12. The summed E-state index contributed by atoms with van der Waals surface area (Å²) in [5.41, 5.74) is 1.11. The van der Waals surface area contributed by atoms with Gasteiger partial charge in [-0.1, -0.05) is 24.3 Å². The van der Waals surface area contributed by atoms with E-state index in [4.69, 9.17) is 0 Å². The molecule has 0 fully saturated rings. The van der Waals surface area contributed by atoms with E-state index in [-0.39, 0.29) is 0 Å². The van der Waals surface area contributed by atoms with Crippen LogP contribution in [0.1, 0.15) is 5.69 Å². The molecule has 2 heteroatoms. The van der Waals surface area contributed by atoms with Crippen LogP contribution in [0.15, 0.2) is 35.4 Å². The Morgan fingerprint density at radius 1 is 1.23 bits per heavy atom. The van der Waals surface area contributed by atoms with E-state index in [1.165, 1.54) is 10.8 Å². The highest BCUT2D eigenvalue weighted by molar-refractivity contribution is 7.98. The minimum Gasteiger partial charge on any atom is -0.246 e. The number of fused-ring (bicyclic) bond motifs is 1. The zero-order valence-electron chi connectivity index (χ0n) is 7.74. The lowest BCUT2D eigenvalue weighted by molar-refractivity contribution is 1.09. The molecule has 0 unspecified atom stereocenters. The summed E-state index contributed by atoms with van der Waals surface area (Å²) in [5, 5.41) is 3.62. The summed E-state index contributed by atoms with van der Waals surface area (Å²) in [6, 6.07) is 10.5. The summed E-state index contributed by atoms with van der Waals surface area (Å²) < 4.78 is 0. The molecule has 2 aromatic rings. The van der Waals surface area contributed by atoms with E-state index in [2.05, 4.69) is 48.5 Å². The Kier molecular flexibility index (Phi) is 2.23. The fourth-order valence-electron chi connectivity index (χ4n) is 1.45. The Balaban J connectivity index is 2.77. The predicted octanol–water partition coefficient (Wildman–Crippen LogP) is 3.27. The largest absolute Gasteiger partial charge is 0.246 e. The van der Waals surface area contributed by atoms with Crippen molar-refractivity contribution in [3.05, 3.63) is 36.0 Å². The average molecular weight is 189 g/mol. The number of rotatable bonds is 1. The van der Waals surface area contributed by atoms with Gasteiger partial charge in [-0.2, -0.15) is 0 Å². The SMILES string of the molecule is CSc1cc2ccccc2c(C)n1. The van der Waals surface area contributed by atoms with E-state index in [0.717, 1.165) is 10.7 Å². The Labute approximate surface area is 82.2 Å². The number of hydrogen-bond acceptors (Lipinski definition) is 2. The normalized spacial score (nSPS) is 10.6. The lowest BCUT2D eigenvalue weighted by atomic mass is 10.1. The number of pyridine rings is 1. The van der Waals surface area contributed by atoms with Crippen LogP contribution in [-0.2, 0) is 0 Å². The van der Waals surface area contributed by atoms with Gasteiger partial charge in [0.25, 0.3) is 0 Å². The molecule has 0 aliphatic rings. The third kappa shape index (κ3) is 1.54. The van der Waals surface area contributed by atoms with Crippen LogP contribution >= 0.6 is 11.8 Å². The molecule has 1 aromatic heterocycles. The van der Waals surface area contributed by atoms with Crippen molar-refractivity contribution in [1.29, 1.82) is 0 Å². The number of nitrogens with zero attached hydrogens (tertiary/aromatic N) is 1. The van der Waals surface area contributed by atoms with Gasteiger partial charge < -0.3 is 0 Å². The highest BCUT2D eigenvalue weighted by Gasteiger charge is 1.99. The van der Waals surface area contributed by atoms with E-state index >= 15 is 0 Å². The molecule has 0 bridgehead atoms. The maximum atomic E-state index is 4.48. The molecule has 0 aliphatic carbocycles. The van der Waals surface area contributed by atoms with Crippen molar-refractivity contribution in [1.82, 2.24) is 4.98 Å². The summed E-state index contributed by atoms with van der Waals surface area (Å²) in [7, 11) is 0. The minimum atomic E-state index is 1.09. The van der Waals surface area contributed by atoms with Crippen molar-refractivity contribution in [3.8, 4) is 0 Å². The van der Waals surface area contributed by atoms with Crippen molar-refractivity contribution in [2.24, 2.45) is 0 Å². The Hall–Kier alpha value is -1.02.